The number of aryl methyl sites for hydroxylation is 2. The van der Waals surface area contributed by atoms with Gasteiger partial charge < -0.3 is 25.4 Å². The second-order valence-corrected chi connectivity index (χ2v) is 11.8. The molecule has 1 aliphatic rings. The third-order valence-electron chi connectivity index (χ3n) is 7.59. The van der Waals surface area contributed by atoms with Crippen LogP contribution in [0.15, 0.2) is 42.5 Å². The van der Waals surface area contributed by atoms with Crippen LogP contribution in [0.2, 0.25) is 0 Å². The third kappa shape index (κ3) is 8.55. The van der Waals surface area contributed by atoms with E-state index >= 15 is 0 Å². The molecule has 2 aromatic rings. The van der Waals surface area contributed by atoms with Crippen molar-refractivity contribution in [2.45, 2.75) is 79.0 Å². The molecule has 212 valence electrons. The maximum atomic E-state index is 13.6. The van der Waals surface area contributed by atoms with Gasteiger partial charge in [-0.25, -0.2) is 9.59 Å². The number of anilines is 1. The zero-order valence-corrected chi connectivity index (χ0v) is 24.0. The highest BCUT2D eigenvalue weighted by atomic mass is 16.5. The number of ether oxygens (including phenoxy) is 1. The van der Waals surface area contributed by atoms with Gasteiger partial charge in [0.05, 0.1) is 13.7 Å². The molecule has 2 aromatic carbocycles. The lowest BCUT2D eigenvalue weighted by molar-refractivity contribution is -0.149. The van der Waals surface area contributed by atoms with Gasteiger partial charge in [-0.1, -0.05) is 39.0 Å². The molecule has 0 heterocycles. The van der Waals surface area contributed by atoms with E-state index in [-0.39, 0.29) is 24.0 Å². The molecule has 0 bridgehead atoms. The van der Waals surface area contributed by atoms with Gasteiger partial charge in [0.1, 0.15) is 0 Å². The van der Waals surface area contributed by atoms with Crippen molar-refractivity contribution < 1.29 is 24.2 Å². The summed E-state index contributed by atoms with van der Waals surface area (Å²) < 4.78 is 4.47. The molecule has 0 aliphatic heterocycles. The molecule has 3 rings (SSSR count). The van der Waals surface area contributed by atoms with E-state index in [9.17, 15) is 19.5 Å². The maximum Gasteiger partial charge on any atom is 0.336 e. The quantitative estimate of drug-likeness (QED) is 0.401. The zero-order chi connectivity index (χ0) is 28.7. The van der Waals surface area contributed by atoms with Crippen molar-refractivity contribution >= 4 is 23.6 Å². The van der Waals surface area contributed by atoms with Crippen LogP contribution in [0.1, 0.15) is 73.5 Å². The summed E-state index contributed by atoms with van der Waals surface area (Å²) in [6, 6.07) is 13.1. The number of rotatable bonds is 8. The van der Waals surface area contributed by atoms with E-state index in [0.29, 0.717) is 18.0 Å². The first-order chi connectivity index (χ1) is 18.4. The Morgan fingerprint density at radius 3 is 2.13 bits per heavy atom. The molecule has 8 heteroatoms. The van der Waals surface area contributed by atoms with E-state index < -0.39 is 18.0 Å². The number of urea groups is 1. The number of benzene rings is 2. The highest BCUT2D eigenvalue weighted by Crippen LogP contribution is 2.39. The Morgan fingerprint density at radius 2 is 1.59 bits per heavy atom. The minimum absolute atomic E-state index is 0.122. The van der Waals surface area contributed by atoms with E-state index in [1.54, 1.807) is 12.1 Å². The molecule has 3 amide bonds. The Hall–Kier alpha value is -3.39. The number of nitrogens with one attached hydrogen (secondary N) is 2. The van der Waals surface area contributed by atoms with Gasteiger partial charge in [0.2, 0.25) is 0 Å². The molecule has 0 saturated heterocycles. The SMILES string of the molecule is COC(=O)[C@H](O)CNC(=O)c1ccc(CN(C(=O)Nc2cc(C)cc(C)c2)[C@H]2CC[C@H](C(C)(C)C)CC2)cc1. The fourth-order valence-electron chi connectivity index (χ4n) is 5.33. The molecule has 0 radical (unpaired) electrons. The van der Waals surface area contributed by atoms with Crippen LogP contribution in [-0.4, -0.2) is 53.7 Å². The summed E-state index contributed by atoms with van der Waals surface area (Å²) in [4.78, 5) is 39.4. The van der Waals surface area contributed by atoms with Crippen molar-refractivity contribution in [1.29, 1.82) is 0 Å². The minimum Gasteiger partial charge on any atom is -0.467 e. The number of aliphatic hydroxyl groups excluding tert-OH is 1. The second-order valence-electron chi connectivity index (χ2n) is 11.8. The summed E-state index contributed by atoms with van der Waals surface area (Å²) in [5, 5.41) is 15.3. The fourth-order valence-corrected chi connectivity index (χ4v) is 5.33. The highest BCUT2D eigenvalue weighted by Gasteiger charge is 2.33. The first-order valence-electron chi connectivity index (χ1n) is 13.7. The van der Waals surface area contributed by atoms with Crippen molar-refractivity contribution in [2.24, 2.45) is 11.3 Å². The van der Waals surface area contributed by atoms with Gasteiger partial charge in [-0.05, 0) is 91.8 Å². The number of carbonyl (C=O) groups is 3. The van der Waals surface area contributed by atoms with Gasteiger partial charge in [-0.3, -0.25) is 4.79 Å². The average molecular weight is 538 g/mol. The molecule has 0 unspecified atom stereocenters. The van der Waals surface area contributed by atoms with Gasteiger partial charge in [0.15, 0.2) is 6.10 Å². The second kappa shape index (κ2) is 13.1. The molecule has 1 fully saturated rings. The number of amides is 3. The summed E-state index contributed by atoms with van der Waals surface area (Å²) in [5.74, 6) is -0.579. The molecule has 1 atom stereocenters. The predicted octanol–water partition coefficient (Wildman–Crippen LogP) is 5.21. The molecular weight excluding hydrogens is 494 g/mol. The minimum atomic E-state index is -1.42. The monoisotopic (exact) mass is 537 g/mol. The Labute approximate surface area is 232 Å². The molecule has 0 spiro atoms. The van der Waals surface area contributed by atoms with E-state index in [1.165, 1.54) is 7.11 Å². The topological polar surface area (TPSA) is 108 Å². The fraction of sp³-hybridized carbons (Fsp3) is 0.516. The van der Waals surface area contributed by atoms with Crippen molar-refractivity contribution in [3.8, 4) is 0 Å². The number of methoxy groups -OCH3 is 1. The van der Waals surface area contributed by atoms with E-state index in [2.05, 4.69) is 42.2 Å². The Balaban J connectivity index is 1.73. The van der Waals surface area contributed by atoms with Gasteiger partial charge in [-0.15, -0.1) is 0 Å². The van der Waals surface area contributed by atoms with Gasteiger partial charge in [0.25, 0.3) is 5.91 Å². The average Bonchev–Trinajstić information content (AvgIpc) is 2.89. The van der Waals surface area contributed by atoms with Gasteiger partial charge in [0, 0.05) is 23.8 Å². The summed E-state index contributed by atoms with van der Waals surface area (Å²) in [7, 11) is 1.17. The van der Waals surface area contributed by atoms with E-state index in [4.69, 9.17) is 0 Å². The summed E-state index contributed by atoms with van der Waals surface area (Å²) in [5.41, 5.74) is 4.53. The molecular formula is C31H43N3O5. The van der Waals surface area contributed by atoms with Crippen molar-refractivity contribution in [1.82, 2.24) is 10.2 Å². The van der Waals surface area contributed by atoms with Crippen molar-refractivity contribution in [2.75, 3.05) is 19.0 Å². The predicted molar refractivity (Wildman–Crippen MR) is 152 cm³/mol. The maximum absolute atomic E-state index is 13.6. The lowest BCUT2D eigenvalue weighted by Crippen LogP contribution is -2.45. The molecule has 3 N–H and O–H groups in total. The first kappa shape index (κ1) is 30.2. The summed E-state index contributed by atoms with van der Waals surface area (Å²) >= 11 is 0. The number of esters is 1. The lowest BCUT2D eigenvalue weighted by atomic mass is 9.71. The molecule has 8 nitrogen and oxygen atoms in total. The standard InChI is InChI=1S/C31H43N3O5/c1-20-15-21(2)17-25(16-20)33-30(38)34(26-13-11-24(12-14-26)31(3,4)5)19-22-7-9-23(10-8-22)28(36)32-18-27(35)29(37)39-6/h7-10,15-17,24,26-27,35H,11-14,18-19H2,1-6H3,(H,32,36)(H,33,38)/t24-,26-,27-/m1/s1. The van der Waals surface area contributed by atoms with Crippen molar-refractivity contribution in [3.05, 3.63) is 64.7 Å². The molecule has 39 heavy (non-hydrogen) atoms. The van der Waals surface area contributed by atoms with Crippen LogP contribution in [0, 0.1) is 25.2 Å². The molecule has 1 saturated carbocycles. The van der Waals surface area contributed by atoms with Gasteiger partial charge in [-0.2, -0.15) is 0 Å². The Bertz CT molecular complexity index is 1130. The largest absolute Gasteiger partial charge is 0.467 e. The molecule has 0 aromatic heterocycles. The Morgan fingerprint density at radius 1 is 1.00 bits per heavy atom. The summed E-state index contributed by atoms with van der Waals surface area (Å²) in [6.07, 6.45) is 2.64. The number of hydrogen-bond acceptors (Lipinski definition) is 5. The Kier molecular flexibility index (Phi) is 10.1. The van der Waals surface area contributed by atoms with Crippen LogP contribution in [0.3, 0.4) is 0 Å². The number of aliphatic hydroxyl groups is 1. The van der Waals surface area contributed by atoms with Crippen LogP contribution in [0.25, 0.3) is 0 Å². The molecule has 1 aliphatic carbocycles. The number of nitrogens with zero attached hydrogens (tertiary/aromatic N) is 1. The van der Waals surface area contributed by atoms with Crippen LogP contribution in [0.5, 0.6) is 0 Å². The number of carbonyl (C=O) groups excluding carboxylic acids is 3. The number of hydrogen-bond donors (Lipinski definition) is 3. The highest BCUT2D eigenvalue weighted by molar-refractivity contribution is 5.94. The smallest absolute Gasteiger partial charge is 0.336 e. The first-order valence-corrected chi connectivity index (χ1v) is 13.7. The zero-order valence-electron chi connectivity index (χ0n) is 24.0. The lowest BCUT2D eigenvalue weighted by Gasteiger charge is -2.41. The normalized spacial score (nSPS) is 18.1. The van der Waals surface area contributed by atoms with Crippen LogP contribution < -0.4 is 10.6 Å². The van der Waals surface area contributed by atoms with Crippen LogP contribution in [-0.2, 0) is 16.1 Å². The van der Waals surface area contributed by atoms with E-state index in [0.717, 1.165) is 48.1 Å². The van der Waals surface area contributed by atoms with E-state index in [1.807, 2.05) is 43.0 Å². The van der Waals surface area contributed by atoms with Crippen LogP contribution in [0.4, 0.5) is 10.5 Å². The van der Waals surface area contributed by atoms with Crippen molar-refractivity contribution in [3.63, 3.8) is 0 Å². The summed E-state index contributed by atoms with van der Waals surface area (Å²) in [6.45, 7) is 11.1. The van der Waals surface area contributed by atoms with Crippen LogP contribution >= 0.6 is 0 Å². The van der Waals surface area contributed by atoms with Gasteiger partial charge >= 0.3 is 12.0 Å². The third-order valence-corrected chi connectivity index (χ3v) is 7.59.